The van der Waals surface area contributed by atoms with E-state index >= 15 is 0 Å². The number of aromatic nitrogens is 1. The second-order valence-electron chi connectivity index (χ2n) is 8.41. The average Bonchev–Trinajstić information content (AvgIpc) is 3.00. The molecule has 1 atom stereocenters. The minimum atomic E-state index is -0.292. The molecular weight excluding hydrogens is 410 g/mol. The molecule has 0 aliphatic carbocycles. The third kappa shape index (κ3) is 5.75. The maximum atomic E-state index is 13.4. The Morgan fingerprint density at radius 2 is 1.73 bits per heavy atom. The molecule has 2 amide bonds. The molecular formula is C28H29N3O2. The molecule has 1 saturated heterocycles. The van der Waals surface area contributed by atoms with Gasteiger partial charge in [-0.1, -0.05) is 60.7 Å². The van der Waals surface area contributed by atoms with Crippen molar-refractivity contribution in [2.45, 2.75) is 12.8 Å². The molecule has 0 radical (unpaired) electrons. The summed E-state index contributed by atoms with van der Waals surface area (Å²) in [7, 11) is 0. The highest BCUT2D eigenvalue weighted by molar-refractivity contribution is 5.83. The standard InChI is InChI=1S/C28H29N3O2/c1-2-15-30-16-17-31(27(32)20-22-7-4-3-5-8-22)21-26(28(30)33)19-23-9-6-10-25(18-23)24-11-13-29-14-12-24/h2-14,18,26H,1,15-17,19-21H2/t26-/m0/s1. The van der Waals surface area contributed by atoms with Crippen molar-refractivity contribution in [3.63, 3.8) is 0 Å². The Hall–Kier alpha value is -3.73. The molecule has 5 nitrogen and oxygen atoms in total. The normalized spacial score (nSPS) is 16.4. The fourth-order valence-electron chi connectivity index (χ4n) is 4.35. The van der Waals surface area contributed by atoms with E-state index in [1.54, 1.807) is 18.5 Å². The van der Waals surface area contributed by atoms with Crippen LogP contribution in [0, 0.1) is 5.92 Å². The molecule has 33 heavy (non-hydrogen) atoms. The van der Waals surface area contributed by atoms with E-state index < -0.39 is 0 Å². The van der Waals surface area contributed by atoms with Gasteiger partial charge < -0.3 is 9.80 Å². The number of carbonyl (C=O) groups is 2. The number of hydrogen-bond donors (Lipinski definition) is 0. The van der Waals surface area contributed by atoms with Crippen LogP contribution < -0.4 is 0 Å². The van der Waals surface area contributed by atoms with Crippen molar-refractivity contribution in [1.82, 2.24) is 14.8 Å². The summed E-state index contributed by atoms with van der Waals surface area (Å²) in [5, 5.41) is 0. The van der Waals surface area contributed by atoms with Crippen LogP contribution in [0.15, 0.2) is 91.8 Å². The Bertz CT molecular complexity index is 1100. The number of amides is 2. The van der Waals surface area contributed by atoms with Gasteiger partial charge >= 0.3 is 0 Å². The van der Waals surface area contributed by atoms with Crippen LogP contribution in [0.1, 0.15) is 11.1 Å². The summed E-state index contributed by atoms with van der Waals surface area (Å²) >= 11 is 0. The minimum absolute atomic E-state index is 0.0602. The van der Waals surface area contributed by atoms with E-state index in [1.165, 1.54) is 0 Å². The third-order valence-corrected chi connectivity index (χ3v) is 6.06. The van der Waals surface area contributed by atoms with Crippen LogP contribution in [0.25, 0.3) is 11.1 Å². The Labute approximate surface area is 195 Å². The summed E-state index contributed by atoms with van der Waals surface area (Å²) in [6, 6.07) is 22.0. The Morgan fingerprint density at radius 1 is 0.970 bits per heavy atom. The molecule has 1 aliphatic heterocycles. The maximum Gasteiger partial charge on any atom is 0.228 e. The molecule has 1 aromatic heterocycles. The third-order valence-electron chi connectivity index (χ3n) is 6.06. The number of pyridine rings is 1. The molecule has 0 N–H and O–H groups in total. The first-order valence-electron chi connectivity index (χ1n) is 11.3. The zero-order valence-corrected chi connectivity index (χ0v) is 18.8. The van der Waals surface area contributed by atoms with Gasteiger partial charge in [0.25, 0.3) is 0 Å². The maximum absolute atomic E-state index is 13.4. The van der Waals surface area contributed by atoms with Gasteiger partial charge in [-0.25, -0.2) is 0 Å². The molecule has 168 valence electrons. The predicted octanol–water partition coefficient (Wildman–Crippen LogP) is 4.01. The SMILES string of the molecule is C=CCN1CCN(C(=O)Cc2ccccc2)C[C@H](Cc2cccc(-c3ccncc3)c2)C1=O. The molecule has 0 unspecified atom stereocenters. The average molecular weight is 440 g/mol. The zero-order valence-electron chi connectivity index (χ0n) is 18.8. The van der Waals surface area contributed by atoms with E-state index in [0.717, 1.165) is 22.3 Å². The fraction of sp³-hybridized carbons (Fsp3) is 0.250. The van der Waals surface area contributed by atoms with Crippen LogP contribution in [0.2, 0.25) is 0 Å². The molecule has 2 heterocycles. The van der Waals surface area contributed by atoms with Gasteiger partial charge in [-0.15, -0.1) is 6.58 Å². The van der Waals surface area contributed by atoms with E-state index in [4.69, 9.17) is 0 Å². The van der Waals surface area contributed by atoms with Gasteiger partial charge in [0.15, 0.2) is 0 Å². The van der Waals surface area contributed by atoms with Crippen molar-refractivity contribution in [2.75, 3.05) is 26.2 Å². The summed E-state index contributed by atoms with van der Waals surface area (Å²) in [6.07, 6.45) is 6.24. The monoisotopic (exact) mass is 439 g/mol. The number of rotatable bonds is 7. The van der Waals surface area contributed by atoms with Gasteiger partial charge in [0.2, 0.25) is 11.8 Å². The lowest BCUT2D eigenvalue weighted by Gasteiger charge is -2.24. The first-order chi connectivity index (χ1) is 16.1. The number of carbonyl (C=O) groups excluding carboxylic acids is 2. The van der Waals surface area contributed by atoms with Gasteiger partial charge in [-0.05, 0) is 40.8 Å². The highest BCUT2D eigenvalue weighted by atomic mass is 16.2. The molecule has 0 spiro atoms. The van der Waals surface area contributed by atoms with Crippen molar-refractivity contribution >= 4 is 11.8 Å². The molecule has 5 heteroatoms. The van der Waals surface area contributed by atoms with Gasteiger partial charge in [0.1, 0.15) is 0 Å². The number of benzene rings is 2. The quantitative estimate of drug-likeness (QED) is 0.523. The Morgan fingerprint density at radius 3 is 2.48 bits per heavy atom. The molecule has 3 aromatic rings. The van der Waals surface area contributed by atoms with E-state index in [9.17, 15) is 9.59 Å². The predicted molar refractivity (Wildman–Crippen MR) is 130 cm³/mol. The molecule has 0 saturated carbocycles. The van der Waals surface area contributed by atoms with Crippen LogP contribution in [-0.4, -0.2) is 52.8 Å². The molecule has 4 rings (SSSR count). The molecule has 0 bridgehead atoms. The smallest absolute Gasteiger partial charge is 0.228 e. The number of nitrogens with zero attached hydrogens (tertiary/aromatic N) is 3. The van der Waals surface area contributed by atoms with Crippen molar-refractivity contribution in [3.8, 4) is 11.1 Å². The fourth-order valence-corrected chi connectivity index (χ4v) is 4.35. The lowest BCUT2D eigenvalue weighted by molar-refractivity contribution is -0.134. The topological polar surface area (TPSA) is 53.5 Å². The summed E-state index contributed by atoms with van der Waals surface area (Å²) in [4.78, 5) is 34.2. The van der Waals surface area contributed by atoms with Crippen molar-refractivity contribution in [1.29, 1.82) is 0 Å². The largest absolute Gasteiger partial charge is 0.340 e. The molecule has 1 aliphatic rings. The Balaban J connectivity index is 1.54. The van der Waals surface area contributed by atoms with Crippen LogP contribution in [-0.2, 0) is 22.4 Å². The summed E-state index contributed by atoms with van der Waals surface area (Å²) in [5.41, 5.74) is 4.25. The second kappa shape index (κ2) is 10.7. The highest BCUT2D eigenvalue weighted by Crippen LogP contribution is 2.23. The van der Waals surface area contributed by atoms with Gasteiger partial charge in [-0.3, -0.25) is 14.6 Å². The molecule has 1 fully saturated rings. The van der Waals surface area contributed by atoms with Crippen LogP contribution in [0.5, 0.6) is 0 Å². The van der Waals surface area contributed by atoms with E-state index in [2.05, 4.69) is 29.8 Å². The summed E-state index contributed by atoms with van der Waals surface area (Å²) < 4.78 is 0. The lowest BCUT2D eigenvalue weighted by atomic mass is 9.95. The van der Waals surface area contributed by atoms with E-state index in [1.807, 2.05) is 58.3 Å². The second-order valence-corrected chi connectivity index (χ2v) is 8.41. The molecule has 2 aromatic carbocycles. The summed E-state index contributed by atoms with van der Waals surface area (Å²) in [6.45, 7) is 5.79. The lowest BCUT2D eigenvalue weighted by Crippen LogP contribution is -2.38. The van der Waals surface area contributed by atoms with Crippen molar-refractivity contribution in [2.24, 2.45) is 5.92 Å². The summed E-state index contributed by atoms with van der Waals surface area (Å²) in [5.74, 6) is -0.149. The zero-order chi connectivity index (χ0) is 23.0. The van der Waals surface area contributed by atoms with Crippen LogP contribution in [0.3, 0.4) is 0 Å². The highest BCUT2D eigenvalue weighted by Gasteiger charge is 2.31. The van der Waals surface area contributed by atoms with Crippen LogP contribution in [0.4, 0.5) is 0 Å². The first kappa shape index (κ1) is 22.5. The minimum Gasteiger partial charge on any atom is -0.340 e. The first-order valence-corrected chi connectivity index (χ1v) is 11.3. The van der Waals surface area contributed by atoms with Crippen LogP contribution >= 0.6 is 0 Å². The van der Waals surface area contributed by atoms with E-state index in [-0.39, 0.29) is 17.7 Å². The van der Waals surface area contributed by atoms with Crippen molar-refractivity contribution in [3.05, 3.63) is 103 Å². The van der Waals surface area contributed by atoms with Crippen molar-refractivity contribution < 1.29 is 9.59 Å². The van der Waals surface area contributed by atoms with Gasteiger partial charge in [0, 0.05) is 38.6 Å². The van der Waals surface area contributed by atoms with E-state index in [0.29, 0.717) is 39.0 Å². The van der Waals surface area contributed by atoms with Gasteiger partial charge in [0.05, 0.1) is 12.3 Å². The number of hydrogen-bond acceptors (Lipinski definition) is 3. The van der Waals surface area contributed by atoms with Gasteiger partial charge in [-0.2, -0.15) is 0 Å². The Kier molecular flexibility index (Phi) is 7.30.